The van der Waals surface area contributed by atoms with E-state index in [1.165, 1.54) is 31.2 Å². The van der Waals surface area contributed by atoms with Crippen molar-refractivity contribution in [1.29, 1.82) is 0 Å². The van der Waals surface area contributed by atoms with Crippen LogP contribution in [0.25, 0.3) is 12.7 Å². The summed E-state index contributed by atoms with van der Waals surface area (Å²) < 4.78 is 21.1. The van der Waals surface area contributed by atoms with E-state index in [0.717, 1.165) is 0 Å². The number of rotatable bonds is 8. The Labute approximate surface area is 190 Å². The van der Waals surface area contributed by atoms with Gasteiger partial charge in [-0.1, -0.05) is 30.9 Å². The largest absolute Gasteiger partial charge is 0.508 e. The number of benzene rings is 2. The molecule has 0 aliphatic heterocycles. The van der Waals surface area contributed by atoms with Gasteiger partial charge in [-0.15, -0.1) is 0 Å². The lowest BCUT2D eigenvalue weighted by molar-refractivity contribution is -0.144. The zero-order valence-corrected chi connectivity index (χ0v) is 18.3. The molecule has 0 amide bonds. The molecule has 1 unspecified atom stereocenters. The van der Waals surface area contributed by atoms with Crippen LogP contribution in [0.1, 0.15) is 35.3 Å². The number of hydrogen-bond donors (Lipinski definition) is 2. The van der Waals surface area contributed by atoms with E-state index in [4.69, 9.17) is 9.84 Å². The Morgan fingerprint density at radius 1 is 1.21 bits per heavy atom. The number of aromatic nitrogens is 1. The van der Waals surface area contributed by atoms with Crippen molar-refractivity contribution < 1.29 is 28.9 Å². The Morgan fingerprint density at radius 2 is 1.91 bits per heavy atom. The van der Waals surface area contributed by atoms with E-state index in [0.29, 0.717) is 27.3 Å². The van der Waals surface area contributed by atoms with Crippen molar-refractivity contribution in [2.75, 3.05) is 0 Å². The molecule has 6 nitrogen and oxygen atoms in total. The van der Waals surface area contributed by atoms with Crippen molar-refractivity contribution >= 4 is 24.4 Å². The molecule has 0 bridgehead atoms. The molecule has 0 aliphatic rings. The SMILES string of the molecule is C=c1/c(=C\C=C/C)c(C(=O)c2ccc(O)cc2)cn1Cc1ccc(F)c(OC(C)C(=O)O)c1. The van der Waals surface area contributed by atoms with E-state index in [-0.39, 0.29) is 23.8 Å². The van der Waals surface area contributed by atoms with Crippen LogP contribution in [0.3, 0.4) is 0 Å². The number of nitrogens with zero attached hydrogens (tertiary/aromatic N) is 1. The molecule has 170 valence electrons. The lowest BCUT2D eigenvalue weighted by Crippen LogP contribution is -2.30. The number of ether oxygens (including phenoxy) is 1. The fraction of sp³-hybridized carbons (Fsp3) is 0.154. The number of ketones is 1. The summed E-state index contributed by atoms with van der Waals surface area (Å²) >= 11 is 0. The number of carbonyl (C=O) groups is 2. The molecule has 0 spiro atoms. The summed E-state index contributed by atoms with van der Waals surface area (Å²) in [5.41, 5.74) is 1.49. The van der Waals surface area contributed by atoms with Gasteiger partial charge in [0.1, 0.15) is 5.75 Å². The maximum absolute atomic E-state index is 14.1. The Hall–Kier alpha value is -4.13. The molecule has 0 saturated carbocycles. The summed E-state index contributed by atoms with van der Waals surface area (Å²) in [6, 6.07) is 10.2. The Kier molecular flexibility index (Phi) is 7.13. The van der Waals surface area contributed by atoms with Gasteiger partial charge in [-0.25, -0.2) is 9.18 Å². The second-order valence-electron chi connectivity index (χ2n) is 7.46. The van der Waals surface area contributed by atoms with Crippen LogP contribution in [0, 0.1) is 5.82 Å². The van der Waals surface area contributed by atoms with Crippen LogP contribution in [-0.4, -0.2) is 32.6 Å². The number of carboxylic acid groups (broad SMARTS) is 1. The van der Waals surface area contributed by atoms with Gasteiger partial charge in [-0.2, -0.15) is 0 Å². The number of phenolic OH excluding ortho intramolecular Hbond substituents is 1. The molecule has 0 fully saturated rings. The molecule has 33 heavy (non-hydrogen) atoms. The van der Waals surface area contributed by atoms with Gasteiger partial charge in [0.25, 0.3) is 0 Å². The number of allylic oxidation sites excluding steroid dienone is 2. The lowest BCUT2D eigenvalue weighted by Gasteiger charge is -2.13. The van der Waals surface area contributed by atoms with Gasteiger partial charge in [0.05, 0.1) is 0 Å². The van der Waals surface area contributed by atoms with E-state index in [2.05, 4.69) is 6.58 Å². The van der Waals surface area contributed by atoms with Crippen molar-refractivity contribution in [1.82, 2.24) is 4.57 Å². The van der Waals surface area contributed by atoms with Gasteiger partial charge in [0, 0.05) is 34.4 Å². The van der Waals surface area contributed by atoms with Crippen molar-refractivity contribution in [3.05, 3.63) is 93.9 Å². The fourth-order valence-corrected chi connectivity index (χ4v) is 3.26. The zero-order valence-electron chi connectivity index (χ0n) is 18.3. The highest BCUT2D eigenvalue weighted by molar-refractivity contribution is 6.09. The van der Waals surface area contributed by atoms with Crippen LogP contribution < -0.4 is 15.3 Å². The molecule has 2 aromatic carbocycles. The summed E-state index contributed by atoms with van der Waals surface area (Å²) in [5, 5.41) is 19.8. The van der Waals surface area contributed by atoms with E-state index in [1.54, 1.807) is 41.1 Å². The van der Waals surface area contributed by atoms with Crippen LogP contribution in [0.2, 0.25) is 0 Å². The van der Waals surface area contributed by atoms with Gasteiger partial charge in [0.15, 0.2) is 23.5 Å². The Balaban J connectivity index is 2.01. The molecule has 0 aliphatic carbocycles. The van der Waals surface area contributed by atoms with Gasteiger partial charge in [-0.3, -0.25) is 4.79 Å². The minimum atomic E-state index is -1.21. The van der Waals surface area contributed by atoms with Crippen molar-refractivity contribution in [3.8, 4) is 11.5 Å². The molecule has 3 aromatic rings. The number of aromatic hydroxyl groups is 1. The highest BCUT2D eigenvalue weighted by atomic mass is 19.1. The van der Waals surface area contributed by atoms with Crippen molar-refractivity contribution in [2.24, 2.45) is 0 Å². The standard InChI is InChI=1S/C26H24FNO5/c1-4-5-6-21-16(2)28(15-22(21)25(30)19-8-10-20(29)11-9-19)14-18-7-12-23(27)24(13-18)33-17(3)26(31)32/h4-13,15,17,29H,2,14H2,1,3H3,(H,31,32)/b5-4-,21-6+. The average molecular weight is 449 g/mol. The first kappa shape index (κ1) is 23.5. The second-order valence-corrected chi connectivity index (χ2v) is 7.46. The Bertz CT molecular complexity index is 1320. The summed E-state index contributed by atoms with van der Waals surface area (Å²) in [5.74, 6) is -2.20. The minimum absolute atomic E-state index is 0.0641. The number of carbonyl (C=O) groups excluding carboxylic acids is 1. The highest BCUT2D eigenvalue weighted by Gasteiger charge is 2.17. The minimum Gasteiger partial charge on any atom is -0.508 e. The molecule has 0 radical (unpaired) electrons. The third-order valence-corrected chi connectivity index (χ3v) is 5.06. The molecule has 3 rings (SSSR count). The molecule has 0 saturated heterocycles. The molecule has 7 heteroatoms. The molecule has 1 heterocycles. The van der Waals surface area contributed by atoms with Crippen molar-refractivity contribution in [2.45, 2.75) is 26.5 Å². The number of hydrogen-bond acceptors (Lipinski definition) is 4. The summed E-state index contributed by atoms with van der Waals surface area (Å²) in [6.07, 6.45) is 5.90. The zero-order chi connectivity index (χ0) is 24.1. The maximum Gasteiger partial charge on any atom is 0.344 e. The highest BCUT2D eigenvalue weighted by Crippen LogP contribution is 2.21. The molecular formula is C26H24FNO5. The van der Waals surface area contributed by atoms with Crippen LogP contribution in [0.4, 0.5) is 4.39 Å². The molecular weight excluding hydrogens is 425 g/mol. The number of carboxylic acids is 1. The first-order valence-electron chi connectivity index (χ1n) is 10.2. The first-order valence-corrected chi connectivity index (χ1v) is 10.2. The lowest BCUT2D eigenvalue weighted by atomic mass is 10.0. The van der Waals surface area contributed by atoms with Gasteiger partial charge >= 0.3 is 5.97 Å². The topological polar surface area (TPSA) is 88.8 Å². The summed E-state index contributed by atoms with van der Waals surface area (Å²) in [7, 11) is 0. The summed E-state index contributed by atoms with van der Waals surface area (Å²) in [6.45, 7) is 7.55. The molecule has 1 aromatic heterocycles. The van der Waals surface area contributed by atoms with Crippen LogP contribution in [0.15, 0.2) is 60.8 Å². The summed E-state index contributed by atoms with van der Waals surface area (Å²) in [4.78, 5) is 24.2. The average Bonchev–Trinajstić information content (AvgIpc) is 3.09. The van der Waals surface area contributed by atoms with Gasteiger partial charge in [0.2, 0.25) is 0 Å². The van der Waals surface area contributed by atoms with Crippen LogP contribution in [-0.2, 0) is 11.3 Å². The van der Waals surface area contributed by atoms with Gasteiger partial charge < -0.3 is 19.5 Å². The van der Waals surface area contributed by atoms with E-state index in [9.17, 15) is 19.1 Å². The molecule has 1 atom stereocenters. The monoisotopic (exact) mass is 449 g/mol. The third-order valence-electron chi connectivity index (χ3n) is 5.06. The first-order chi connectivity index (χ1) is 15.7. The van der Waals surface area contributed by atoms with E-state index < -0.39 is 17.9 Å². The van der Waals surface area contributed by atoms with Crippen LogP contribution in [0.5, 0.6) is 11.5 Å². The van der Waals surface area contributed by atoms with Crippen molar-refractivity contribution in [3.63, 3.8) is 0 Å². The Morgan fingerprint density at radius 3 is 2.55 bits per heavy atom. The smallest absolute Gasteiger partial charge is 0.344 e. The predicted molar refractivity (Wildman–Crippen MR) is 123 cm³/mol. The quantitative estimate of drug-likeness (QED) is 0.516. The fourth-order valence-electron chi connectivity index (χ4n) is 3.26. The molecule has 2 N–H and O–H groups in total. The van der Waals surface area contributed by atoms with Crippen LogP contribution >= 0.6 is 0 Å². The van der Waals surface area contributed by atoms with E-state index >= 15 is 0 Å². The maximum atomic E-state index is 14.1. The van der Waals surface area contributed by atoms with E-state index in [1.807, 2.05) is 13.0 Å². The van der Waals surface area contributed by atoms with Gasteiger partial charge in [-0.05, 0) is 55.8 Å². The number of phenols is 1. The predicted octanol–water partition coefficient (Wildman–Crippen LogP) is 3.23. The normalized spacial score (nSPS) is 12.8. The number of aliphatic carboxylic acids is 1. The third kappa shape index (κ3) is 5.38. The number of halogens is 1. The second kappa shape index (κ2) is 9.99.